The van der Waals surface area contributed by atoms with Crippen molar-refractivity contribution in [3.63, 3.8) is 0 Å². The summed E-state index contributed by atoms with van der Waals surface area (Å²) in [5.74, 6) is 1.24. The molecule has 2 N–H and O–H groups in total. The van der Waals surface area contributed by atoms with Crippen molar-refractivity contribution in [1.82, 2.24) is 19.5 Å². The van der Waals surface area contributed by atoms with Crippen LogP contribution < -0.4 is 10.0 Å². The van der Waals surface area contributed by atoms with Gasteiger partial charge in [0.2, 0.25) is 0 Å². The SMILES string of the molecule is CCNCC1CCN(S(=O)(=O)NCc2cc(C)on2)CC1. The van der Waals surface area contributed by atoms with Gasteiger partial charge in [0.25, 0.3) is 10.2 Å². The van der Waals surface area contributed by atoms with E-state index in [0.717, 1.165) is 25.9 Å². The Morgan fingerprint density at radius 2 is 2.14 bits per heavy atom. The van der Waals surface area contributed by atoms with Gasteiger partial charge < -0.3 is 9.84 Å². The van der Waals surface area contributed by atoms with E-state index < -0.39 is 10.2 Å². The van der Waals surface area contributed by atoms with Gasteiger partial charge in [0.1, 0.15) is 5.76 Å². The number of hydrogen-bond acceptors (Lipinski definition) is 5. The number of nitrogens with one attached hydrogen (secondary N) is 2. The molecule has 0 amide bonds. The third-order valence-electron chi connectivity index (χ3n) is 3.71. The molecule has 1 aromatic rings. The zero-order valence-corrected chi connectivity index (χ0v) is 13.4. The summed E-state index contributed by atoms with van der Waals surface area (Å²) < 4.78 is 33.5. The molecule has 8 heteroatoms. The molecule has 0 spiro atoms. The Labute approximate surface area is 126 Å². The van der Waals surface area contributed by atoms with Crippen molar-refractivity contribution in [1.29, 1.82) is 0 Å². The predicted molar refractivity (Wildman–Crippen MR) is 79.8 cm³/mol. The summed E-state index contributed by atoms with van der Waals surface area (Å²) in [4.78, 5) is 0. The minimum atomic E-state index is -3.43. The maximum Gasteiger partial charge on any atom is 0.279 e. The van der Waals surface area contributed by atoms with Crippen molar-refractivity contribution in [3.05, 3.63) is 17.5 Å². The van der Waals surface area contributed by atoms with Crippen molar-refractivity contribution in [2.24, 2.45) is 5.92 Å². The Morgan fingerprint density at radius 3 is 2.71 bits per heavy atom. The van der Waals surface area contributed by atoms with E-state index >= 15 is 0 Å². The lowest BCUT2D eigenvalue weighted by Crippen LogP contribution is -2.45. The van der Waals surface area contributed by atoms with Crippen LogP contribution in [0.3, 0.4) is 0 Å². The molecule has 0 saturated carbocycles. The largest absolute Gasteiger partial charge is 0.361 e. The van der Waals surface area contributed by atoms with Crippen LogP contribution in [0.25, 0.3) is 0 Å². The quantitative estimate of drug-likeness (QED) is 0.771. The van der Waals surface area contributed by atoms with Crippen LogP contribution in [0.5, 0.6) is 0 Å². The van der Waals surface area contributed by atoms with Crippen LogP contribution >= 0.6 is 0 Å². The Hall–Kier alpha value is -0.960. The first kappa shape index (κ1) is 16.4. The third-order valence-corrected chi connectivity index (χ3v) is 5.26. The molecular formula is C13H24N4O3S. The normalized spacial score (nSPS) is 18.2. The summed E-state index contributed by atoms with van der Waals surface area (Å²) in [5.41, 5.74) is 0.595. The Morgan fingerprint density at radius 1 is 1.43 bits per heavy atom. The summed E-state index contributed by atoms with van der Waals surface area (Å²) in [6.45, 7) is 7.09. The highest BCUT2D eigenvalue weighted by Gasteiger charge is 2.27. The molecule has 120 valence electrons. The van der Waals surface area contributed by atoms with Crippen molar-refractivity contribution >= 4 is 10.2 Å². The number of hydrogen-bond donors (Lipinski definition) is 2. The highest BCUT2D eigenvalue weighted by atomic mass is 32.2. The van der Waals surface area contributed by atoms with E-state index in [0.29, 0.717) is 30.5 Å². The molecule has 2 heterocycles. The van der Waals surface area contributed by atoms with Gasteiger partial charge >= 0.3 is 0 Å². The van der Waals surface area contributed by atoms with Crippen molar-refractivity contribution in [2.45, 2.75) is 33.2 Å². The summed E-state index contributed by atoms with van der Waals surface area (Å²) in [6.07, 6.45) is 1.80. The fourth-order valence-electron chi connectivity index (χ4n) is 2.46. The van der Waals surface area contributed by atoms with Gasteiger partial charge in [0.05, 0.1) is 12.2 Å². The van der Waals surface area contributed by atoms with Crippen molar-refractivity contribution in [3.8, 4) is 0 Å². The van der Waals surface area contributed by atoms with E-state index in [2.05, 4.69) is 22.1 Å². The third kappa shape index (κ3) is 4.77. The van der Waals surface area contributed by atoms with E-state index in [1.807, 2.05) is 0 Å². The Bertz CT molecular complexity index is 535. The summed E-state index contributed by atoms with van der Waals surface area (Å²) in [5, 5.41) is 7.10. The second-order valence-corrected chi connectivity index (χ2v) is 7.16. The molecule has 0 atom stereocenters. The van der Waals surface area contributed by atoms with Gasteiger partial charge in [-0.1, -0.05) is 12.1 Å². The average Bonchev–Trinajstić information content (AvgIpc) is 2.89. The molecule has 1 saturated heterocycles. The van der Waals surface area contributed by atoms with Crippen molar-refractivity contribution < 1.29 is 12.9 Å². The molecule has 1 fully saturated rings. The molecule has 1 aliphatic heterocycles. The first-order chi connectivity index (χ1) is 10.0. The van der Waals surface area contributed by atoms with Gasteiger partial charge in [-0.25, -0.2) is 0 Å². The standard InChI is InChI=1S/C13H24N4O3S/c1-3-14-9-12-4-6-17(7-5-12)21(18,19)15-10-13-8-11(2)20-16-13/h8,12,14-15H,3-7,9-10H2,1-2H3. The summed E-state index contributed by atoms with van der Waals surface area (Å²) in [6, 6.07) is 1.73. The number of aryl methyl sites for hydroxylation is 1. The van der Waals surface area contributed by atoms with Gasteiger partial charge in [-0.15, -0.1) is 0 Å². The van der Waals surface area contributed by atoms with Gasteiger partial charge in [-0.2, -0.15) is 17.4 Å². The molecule has 0 radical (unpaired) electrons. The topological polar surface area (TPSA) is 87.5 Å². The first-order valence-corrected chi connectivity index (χ1v) is 8.83. The second kappa shape index (κ2) is 7.35. The van der Waals surface area contributed by atoms with Crippen LogP contribution in [-0.4, -0.2) is 44.1 Å². The maximum atomic E-state index is 12.2. The van der Waals surface area contributed by atoms with Crippen LogP contribution in [0.2, 0.25) is 0 Å². The highest BCUT2D eigenvalue weighted by molar-refractivity contribution is 7.87. The Balaban J connectivity index is 1.81. The van der Waals surface area contributed by atoms with Crippen LogP contribution in [0.4, 0.5) is 0 Å². The number of aromatic nitrogens is 1. The minimum Gasteiger partial charge on any atom is -0.361 e. The number of piperidine rings is 1. The summed E-state index contributed by atoms with van der Waals surface area (Å²) in [7, 11) is -3.43. The molecule has 0 aromatic carbocycles. The van der Waals surface area contributed by atoms with Gasteiger partial charge in [-0.05, 0) is 38.8 Å². The molecule has 0 bridgehead atoms. The van der Waals surface area contributed by atoms with E-state index in [9.17, 15) is 8.42 Å². The maximum absolute atomic E-state index is 12.2. The lowest BCUT2D eigenvalue weighted by atomic mass is 9.98. The molecule has 7 nitrogen and oxygen atoms in total. The molecule has 2 rings (SSSR count). The zero-order valence-electron chi connectivity index (χ0n) is 12.6. The van der Waals surface area contributed by atoms with Crippen molar-refractivity contribution in [2.75, 3.05) is 26.2 Å². The van der Waals surface area contributed by atoms with E-state index in [4.69, 9.17) is 4.52 Å². The molecular weight excluding hydrogens is 292 g/mol. The molecule has 1 aromatic heterocycles. The van der Waals surface area contributed by atoms with Crippen LogP contribution in [0, 0.1) is 12.8 Å². The van der Waals surface area contributed by atoms with Gasteiger partial charge in [-0.3, -0.25) is 0 Å². The first-order valence-electron chi connectivity index (χ1n) is 7.39. The fourth-order valence-corrected chi connectivity index (χ4v) is 3.66. The minimum absolute atomic E-state index is 0.164. The molecule has 0 unspecified atom stereocenters. The molecule has 21 heavy (non-hydrogen) atoms. The fraction of sp³-hybridized carbons (Fsp3) is 0.769. The number of rotatable bonds is 7. The van der Waals surface area contributed by atoms with Crippen LogP contribution in [-0.2, 0) is 16.8 Å². The lowest BCUT2D eigenvalue weighted by Gasteiger charge is -2.31. The summed E-state index contributed by atoms with van der Waals surface area (Å²) >= 11 is 0. The predicted octanol–water partition coefficient (Wildman–Crippen LogP) is 0.639. The zero-order chi connectivity index (χ0) is 15.3. The lowest BCUT2D eigenvalue weighted by molar-refractivity contribution is 0.266. The van der Waals surface area contributed by atoms with Gasteiger partial charge in [0.15, 0.2) is 0 Å². The molecule has 0 aliphatic carbocycles. The Kier molecular flexibility index (Phi) is 5.74. The average molecular weight is 316 g/mol. The van der Waals surface area contributed by atoms with E-state index in [-0.39, 0.29) is 6.54 Å². The monoisotopic (exact) mass is 316 g/mol. The smallest absolute Gasteiger partial charge is 0.279 e. The second-order valence-electron chi connectivity index (χ2n) is 5.41. The van der Waals surface area contributed by atoms with E-state index in [1.165, 1.54) is 4.31 Å². The molecule has 1 aliphatic rings. The van der Waals surface area contributed by atoms with Crippen LogP contribution in [0.1, 0.15) is 31.2 Å². The van der Waals surface area contributed by atoms with E-state index in [1.54, 1.807) is 13.0 Å². The number of nitrogens with zero attached hydrogens (tertiary/aromatic N) is 2. The highest BCUT2D eigenvalue weighted by Crippen LogP contribution is 2.18. The van der Waals surface area contributed by atoms with Crippen LogP contribution in [0.15, 0.2) is 10.6 Å². The van der Waals surface area contributed by atoms with Gasteiger partial charge in [0, 0.05) is 19.2 Å².